The van der Waals surface area contributed by atoms with Gasteiger partial charge in [-0.3, -0.25) is 0 Å². The van der Waals surface area contributed by atoms with Crippen molar-refractivity contribution in [3.05, 3.63) is 49.9 Å². The van der Waals surface area contributed by atoms with Crippen molar-refractivity contribution in [2.24, 2.45) is 0 Å². The molecule has 0 atom stereocenters. The van der Waals surface area contributed by atoms with Gasteiger partial charge in [-0.2, -0.15) is 0 Å². The molecule has 2 heterocycles. The molecule has 1 nitrogen and oxygen atoms in total. The molecule has 2 aromatic heterocycles. The van der Waals surface area contributed by atoms with Gasteiger partial charge >= 0.3 is 0 Å². The summed E-state index contributed by atoms with van der Waals surface area (Å²) in [7, 11) is 0. The van der Waals surface area contributed by atoms with Crippen molar-refractivity contribution in [1.29, 1.82) is 0 Å². The van der Waals surface area contributed by atoms with Gasteiger partial charge < -0.3 is 0 Å². The first-order valence-corrected chi connectivity index (χ1v) is 8.11. The summed E-state index contributed by atoms with van der Waals surface area (Å²) in [5, 5.41) is 5.12. The van der Waals surface area contributed by atoms with Gasteiger partial charge in [0, 0.05) is 26.4 Å². The number of benzene rings is 1. The van der Waals surface area contributed by atoms with Crippen molar-refractivity contribution in [2.45, 2.75) is 0 Å². The second-order valence-corrected chi connectivity index (χ2v) is 7.00. The number of thiophene rings is 1. The Bertz CT molecular complexity index is 672. The molecule has 0 aliphatic rings. The summed E-state index contributed by atoms with van der Waals surface area (Å²) >= 11 is 12.6. The lowest BCUT2D eigenvalue weighted by atomic mass is 10.2. The minimum Gasteiger partial charge on any atom is -0.236 e. The molecule has 0 bridgehead atoms. The van der Waals surface area contributed by atoms with Gasteiger partial charge in [0.25, 0.3) is 0 Å². The maximum atomic E-state index is 5.94. The van der Waals surface area contributed by atoms with Crippen LogP contribution in [0.15, 0.2) is 45.6 Å². The maximum absolute atomic E-state index is 5.94. The SMILES string of the molecule is Clc1cc(-c2csc(-c3ccc(Br)cc3)n2)cs1. The van der Waals surface area contributed by atoms with Gasteiger partial charge in [-0.15, -0.1) is 22.7 Å². The molecule has 90 valence electrons. The first-order chi connectivity index (χ1) is 8.72. The second kappa shape index (κ2) is 5.13. The third kappa shape index (κ3) is 2.52. The molecule has 0 spiro atoms. The normalized spacial score (nSPS) is 10.8. The molecular weight excluding hydrogens is 350 g/mol. The summed E-state index contributed by atoms with van der Waals surface area (Å²) in [6, 6.07) is 10.1. The van der Waals surface area contributed by atoms with Crippen molar-refractivity contribution in [3.63, 3.8) is 0 Å². The average Bonchev–Trinajstić information content (AvgIpc) is 2.98. The lowest BCUT2D eigenvalue weighted by molar-refractivity contribution is 1.41. The molecule has 0 aliphatic heterocycles. The zero-order chi connectivity index (χ0) is 12.5. The number of rotatable bonds is 2. The Labute approximate surface area is 126 Å². The van der Waals surface area contributed by atoms with Crippen LogP contribution in [0.4, 0.5) is 0 Å². The molecule has 18 heavy (non-hydrogen) atoms. The topological polar surface area (TPSA) is 12.9 Å². The summed E-state index contributed by atoms with van der Waals surface area (Å²) in [5.74, 6) is 0. The summed E-state index contributed by atoms with van der Waals surface area (Å²) in [5.41, 5.74) is 3.21. The van der Waals surface area contributed by atoms with Crippen molar-refractivity contribution >= 4 is 50.2 Å². The second-order valence-electron chi connectivity index (χ2n) is 3.68. The first kappa shape index (κ1) is 12.4. The Kier molecular flexibility index (Phi) is 3.52. The zero-order valence-electron chi connectivity index (χ0n) is 9.06. The van der Waals surface area contributed by atoms with Gasteiger partial charge in [0.1, 0.15) is 5.01 Å². The molecule has 0 N–H and O–H groups in total. The molecule has 0 radical (unpaired) electrons. The van der Waals surface area contributed by atoms with Gasteiger partial charge in [0.05, 0.1) is 10.0 Å². The highest BCUT2D eigenvalue weighted by atomic mass is 79.9. The molecule has 5 heteroatoms. The zero-order valence-corrected chi connectivity index (χ0v) is 13.0. The lowest BCUT2D eigenvalue weighted by Crippen LogP contribution is -1.77. The fourth-order valence-corrected chi connectivity index (χ4v) is 3.55. The van der Waals surface area contributed by atoms with Crippen LogP contribution in [0, 0.1) is 0 Å². The van der Waals surface area contributed by atoms with Gasteiger partial charge in [0.2, 0.25) is 0 Å². The summed E-state index contributed by atoms with van der Waals surface area (Å²) < 4.78 is 1.87. The number of nitrogens with zero attached hydrogens (tertiary/aromatic N) is 1. The van der Waals surface area contributed by atoms with Crippen molar-refractivity contribution < 1.29 is 0 Å². The molecular formula is C13H7BrClNS2. The van der Waals surface area contributed by atoms with E-state index in [0.29, 0.717) is 0 Å². The van der Waals surface area contributed by atoms with Gasteiger partial charge in [-0.05, 0) is 18.2 Å². The number of hydrogen-bond donors (Lipinski definition) is 0. The molecule has 0 aliphatic carbocycles. The van der Waals surface area contributed by atoms with E-state index in [1.54, 1.807) is 11.3 Å². The Hall–Kier alpha value is -0.680. The van der Waals surface area contributed by atoms with Crippen molar-refractivity contribution in [1.82, 2.24) is 4.98 Å². The Morgan fingerprint density at radius 3 is 2.44 bits per heavy atom. The van der Waals surface area contributed by atoms with Crippen LogP contribution in [0.25, 0.3) is 21.8 Å². The highest BCUT2D eigenvalue weighted by Crippen LogP contribution is 2.32. The molecule has 0 saturated carbocycles. The molecule has 0 amide bonds. The van der Waals surface area contributed by atoms with E-state index in [9.17, 15) is 0 Å². The lowest BCUT2D eigenvalue weighted by Gasteiger charge is -1.95. The fraction of sp³-hybridized carbons (Fsp3) is 0. The predicted molar refractivity (Wildman–Crippen MR) is 83.6 cm³/mol. The van der Waals surface area contributed by atoms with Crippen LogP contribution in [0.5, 0.6) is 0 Å². The third-order valence-corrected chi connectivity index (χ3v) is 4.97. The smallest absolute Gasteiger partial charge is 0.124 e. The van der Waals surface area contributed by atoms with E-state index in [-0.39, 0.29) is 0 Å². The van der Waals surface area contributed by atoms with Crippen LogP contribution >= 0.6 is 50.2 Å². The Balaban J connectivity index is 1.96. The van der Waals surface area contributed by atoms with Crippen LogP contribution in [0.2, 0.25) is 4.34 Å². The van der Waals surface area contributed by atoms with Crippen molar-refractivity contribution in [3.8, 4) is 21.8 Å². The molecule has 1 aromatic carbocycles. The summed E-state index contributed by atoms with van der Waals surface area (Å²) in [6.07, 6.45) is 0. The van der Waals surface area contributed by atoms with E-state index in [2.05, 4.69) is 38.4 Å². The van der Waals surface area contributed by atoms with Crippen LogP contribution in [0.3, 0.4) is 0 Å². The maximum Gasteiger partial charge on any atom is 0.124 e. The molecule has 3 rings (SSSR count). The third-order valence-electron chi connectivity index (χ3n) is 2.46. The van der Waals surface area contributed by atoms with Crippen LogP contribution in [0.1, 0.15) is 0 Å². The Morgan fingerprint density at radius 2 is 1.78 bits per heavy atom. The fourth-order valence-electron chi connectivity index (χ4n) is 1.58. The molecule has 0 fully saturated rings. The molecule has 0 unspecified atom stereocenters. The number of halogens is 2. The van der Waals surface area contributed by atoms with E-state index < -0.39 is 0 Å². The van der Waals surface area contributed by atoms with Crippen LogP contribution in [-0.4, -0.2) is 4.98 Å². The number of hydrogen-bond acceptors (Lipinski definition) is 3. The molecule has 0 saturated heterocycles. The van der Waals surface area contributed by atoms with Crippen LogP contribution < -0.4 is 0 Å². The average molecular weight is 357 g/mol. The minimum atomic E-state index is 0.795. The van der Waals surface area contributed by atoms with Crippen LogP contribution in [-0.2, 0) is 0 Å². The van der Waals surface area contributed by atoms with E-state index in [1.807, 2.05) is 23.6 Å². The first-order valence-electron chi connectivity index (χ1n) is 5.18. The Morgan fingerprint density at radius 1 is 1.00 bits per heavy atom. The van der Waals surface area contributed by atoms with Gasteiger partial charge in [0.15, 0.2) is 0 Å². The quantitative estimate of drug-likeness (QED) is 0.552. The van der Waals surface area contributed by atoms with Crippen molar-refractivity contribution in [2.75, 3.05) is 0 Å². The standard InChI is InChI=1S/C13H7BrClNS2/c14-10-3-1-8(2-4-10)13-16-11(7-18-13)9-5-12(15)17-6-9/h1-7H. The van der Waals surface area contributed by atoms with E-state index in [4.69, 9.17) is 11.6 Å². The largest absolute Gasteiger partial charge is 0.236 e. The van der Waals surface area contributed by atoms with E-state index in [0.717, 1.165) is 30.6 Å². The predicted octanol–water partition coefficient (Wildman–Crippen LogP) is 5.95. The molecule has 3 aromatic rings. The van der Waals surface area contributed by atoms with Gasteiger partial charge in [-0.25, -0.2) is 4.98 Å². The monoisotopic (exact) mass is 355 g/mol. The summed E-state index contributed by atoms with van der Waals surface area (Å²) in [4.78, 5) is 4.64. The number of thiazole rings is 1. The highest BCUT2D eigenvalue weighted by molar-refractivity contribution is 9.10. The van der Waals surface area contributed by atoms with Gasteiger partial charge in [-0.1, -0.05) is 39.7 Å². The van der Waals surface area contributed by atoms with E-state index >= 15 is 0 Å². The summed E-state index contributed by atoms with van der Waals surface area (Å²) in [6.45, 7) is 0. The number of aromatic nitrogens is 1. The minimum absolute atomic E-state index is 0.795. The highest BCUT2D eigenvalue weighted by Gasteiger charge is 2.08. The van der Waals surface area contributed by atoms with E-state index in [1.165, 1.54) is 11.3 Å².